The standard InChI is InChI=1S/C35H34N6O11/c1-4-46-32-36-24-11-7-10-23(31(42)51-35(2,3)52-34(45)50-26-18-48-28-25(49-33(43)44)17-47-29(26)28)27(24)41(32)16-19-12-14-20(15-13-19)21-8-5-6-9-22(21)30-37-39-40-38-30/h5-15,25-26,28-29H,4,16-18H2,1-3H3,(H,43,44)(H,37,38,39,40)/t25-,26-,28-,29?/m1/s1. The van der Waals surface area contributed by atoms with Crippen LogP contribution in [0.3, 0.4) is 0 Å². The van der Waals surface area contributed by atoms with Gasteiger partial charge in [0.25, 0.3) is 11.8 Å². The van der Waals surface area contributed by atoms with Crippen molar-refractivity contribution in [3.63, 3.8) is 0 Å². The van der Waals surface area contributed by atoms with Crippen LogP contribution in [-0.2, 0) is 35.0 Å². The first kappa shape index (κ1) is 34.4. The molecule has 0 bridgehead atoms. The molecule has 4 atom stereocenters. The number of carbonyl (C=O) groups is 3. The molecule has 0 radical (unpaired) electrons. The van der Waals surface area contributed by atoms with Crippen LogP contribution in [0.2, 0.25) is 0 Å². The van der Waals surface area contributed by atoms with Gasteiger partial charge in [-0.25, -0.2) is 14.4 Å². The second-order valence-corrected chi connectivity index (χ2v) is 12.4. The van der Waals surface area contributed by atoms with Gasteiger partial charge in [0.1, 0.15) is 12.2 Å². The van der Waals surface area contributed by atoms with Crippen molar-refractivity contribution in [2.45, 2.75) is 57.5 Å². The van der Waals surface area contributed by atoms with Crippen LogP contribution in [0.4, 0.5) is 9.59 Å². The zero-order valence-corrected chi connectivity index (χ0v) is 28.3. The number of benzene rings is 3. The first-order valence-electron chi connectivity index (χ1n) is 16.4. The van der Waals surface area contributed by atoms with Gasteiger partial charge in [0.2, 0.25) is 5.82 Å². The maximum absolute atomic E-state index is 13.7. The number of hydrogen-bond acceptors (Lipinski definition) is 14. The molecule has 5 aromatic rings. The Labute approximate surface area is 295 Å². The lowest BCUT2D eigenvalue weighted by atomic mass is 9.98. The molecule has 0 saturated carbocycles. The number of esters is 1. The van der Waals surface area contributed by atoms with Crippen LogP contribution in [0.15, 0.2) is 66.7 Å². The number of carbonyl (C=O) groups excluding carboxylic acids is 2. The number of imidazole rings is 1. The minimum absolute atomic E-state index is 0.0464. The van der Waals surface area contributed by atoms with Gasteiger partial charge in [-0.3, -0.25) is 4.57 Å². The van der Waals surface area contributed by atoms with Crippen molar-refractivity contribution in [1.82, 2.24) is 30.2 Å². The number of H-pyrrole nitrogens is 1. The predicted molar refractivity (Wildman–Crippen MR) is 178 cm³/mol. The minimum atomic E-state index is -1.76. The molecular weight excluding hydrogens is 680 g/mol. The lowest BCUT2D eigenvalue weighted by molar-refractivity contribution is -0.162. The number of aromatic amines is 1. The van der Waals surface area contributed by atoms with Gasteiger partial charge < -0.3 is 38.3 Å². The Morgan fingerprint density at radius 3 is 2.31 bits per heavy atom. The van der Waals surface area contributed by atoms with Gasteiger partial charge in [0, 0.05) is 19.4 Å². The van der Waals surface area contributed by atoms with E-state index in [2.05, 4.69) is 25.6 Å². The van der Waals surface area contributed by atoms with Gasteiger partial charge in [-0.15, -0.1) is 10.2 Å². The van der Waals surface area contributed by atoms with Crippen molar-refractivity contribution in [3.8, 4) is 28.5 Å². The largest absolute Gasteiger partial charge is 0.512 e. The summed E-state index contributed by atoms with van der Waals surface area (Å²) in [7, 11) is 0. The lowest BCUT2D eigenvalue weighted by Crippen LogP contribution is -2.39. The van der Waals surface area contributed by atoms with Gasteiger partial charge in [0.15, 0.2) is 12.2 Å². The fourth-order valence-electron chi connectivity index (χ4n) is 6.30. The summed E-state index contributed by atoms with van der Waals surface area (Å²) in [6, 6.07) is 21.0. The van der Waals surface area contributed by atoms with E-state index in [9.17, 15) is 14.4 Å². The molecule has 7 rings (SSSR count). The molecule has 0 amide bonds. The van der Waals surface area contributed by atoms with Gasteiger partial charge >= 0.3 is 18.3 Å². The summed E-state index contributed by atoms with van der Waals surface area (Å²) in [5.41, 5.74) is 4.75. The third-order valence-electron chi connectivity index (χ3n) is 8.47. The number of aromatic nitrogens is 6. The maximum atomic E-state index is 13.7. The molecule has 270 valence electrons. The van der Waals surface area contributed by atoms with E-state index in [4.69, 9.17) is 38.3 Å². The molecule has 17 heteroatoms. The Hall–Kier alpha value is -6.07. The molecule has 1 unspecified atom stereocenters. The predicted octanol–water partition coefficient (Wildman–Crippen LogP) is 4.61. The Kier molecular flexibility index (Phi) is 9.44. The molecule has 4 heterocycles. The SMILES string of the molecule is CCOc1nc2cccc(C(=O)OC(C)(C)OC(=O)O[C@@H]3CO[C@H]4C3OC[C@H]4OC(=O)O)c2n1Cc1ccc(-c2ccccc2-c2nn[nH]n2)cc1. The number of tetrazole rings is 1. The Balaban J connectivity index is 1.07. The Bertz CT molecular complexity index is 2080. The number of hydrogen-bond donors (Lipinski definition) is 2. The number of para-hydroxylation sites is 1. The second-order valence-electron chi connectivity index (χ2n) is 12.4. The minimum Gasteiger partial charge on any atom is -0.465 e. The molecule has 2 aromatic heterocycles. The van der Waals surface area contributed by atoms with Crippen molar-refractivity contribution in [2.75, 3.05) is 19.8 Å². The summed E-state index contributed by atoms with van der Waals surface area (Å²) in [4.78, 5) is 42.1. The van der Waals surface area contributed by atoms with E-state index in [1.54, 1.807) is 22.8 Å². The molecule has 2 fully saturated rings. The molecule has 3 aromatic carbocycles. The van der Waals surface area contributed by atoms with Crippen LogP contribution in [-0.4, -0.2) is 104 Å². The van der Waals surface area contributed by atoms with E-state index in [0.717, 1.165) is 22.3 Å². The highest BCUT2D eigenvalue weighted by molar-refractivity contribution is 6.02. The van der Waals surface area contributed by atoms with Crippen molar-refractivity contribution in [2.24, 2.45) is 0 Å². The van der Waals surface area contributed by atoms with E-state index < -0.39 is 48.5 Å². The highest BCUT2D eigenvalue weighted by Gasteiger charge is 2.51. The third-order valence-corrected chi connectivity index (χ3v) is 8.47. The lowest BCUT2D eigenvalue weighted by Gasteiger charge is -2.26. The van der Waals surface area contributed by atoms with Crippen LogP contribution in [0, 0.1) is 0 Å². The summed E-state index contributed by atoms with van der Waals surface area (Å²) in [5.74, 6) is -2.06. The molecular formula is C35H34N6O11. The van der Waals surface area contributed by atoms with E-state index in [1.165, 1.54) is 13.8 Å². The normalized spacial score (nSPS) is 19.6. The van der Waals surface area contributed by atoms with Crippen LogP contribution in [0.5, 0.6) is 6.01 Å². The van der Waals surface area contributed by atoms with E-state index in [-0.39, 0.29) is 18.8 Å². The number of fused-ring (bicyclic) bond motifs is 2. The molecule has 2 N–H and O–H groups in total. The number of carboxylic acid groups (broad SMARTS) is 1. The monoisotopic (exact) mass is 714 g/mol. The second kappa shape index (κ2) is 14.3. The smallest absolute Gasteiger partial charge is 0.465 e. The van der Waals surface area contributed by atoms with Crippen molar-refractivity contribution < 1.29 is 52.6 Å². The highest BCUT2D eigenvalue weighted by Crippen LogP contribution is 2.33. The van der Waals surface area contributed by atoms with Gasteiger partial charge in [-0.05, 0) is 41.0 Å². The topological polar surface area (TPSA) is 208 Å². The van der Waals surface area contributed by atoms with Crippen LogP contribution < -0.4 is 4.74 Å². The molecule has 17 nitrogen and oxygen atoms in total. The van der Waals surface area contributed by atoms with Gasteiger partial charge in [-0.2, -0.15) is 10.2 Å². The molecule has 0 aliphatic carbocycles. The van der Waals surface area contributed by atoms with Crippen LogP contribution in [0.1, 0.15) is 36.7 Å². The Morgan fingerprint density at radius 1 is 0.923 bits per heavy atom. The van der Waals surface area contributed by atoms with E-state index in [0.29, 0.717) is 36.0 Å². The molecule has 0 spiro atoms. The quantitative estimate of drug-likeness (QED) is 0.109. The number of nitrogens with zero attached hydrogens (tertiary/aromatic N) is 5. The van der Waals surface area contributed by atoms with Crippen molar-refractivity contribution in [3.05, 3.63) is 77.9 Å². The van der Waals surface area contributed by atoms with Crippen LogP contribution >= 0.6 is 0 Å². The van der Waals surface area contributed by atoms with Crippen LogP contribution in [0.25, 0.3) is 33.5 Å². The molecule has 52 heavy (non-hydrogen) atoms. The zero-order chi connectivity index (χ0) is 36.4. The summed E-state index contributed by atoms with van der Waals surface area (Å²) in [6.07, 6.45) is -5.82. The number of rotatable bonds is 11. The maximum Gasteiger partial charge on any atom is 0.512 e. The number of ether oxygens (including phenoxy) is 7. The van der Waals surface area contributed by atoms with Crippen molar-refractivity contribution >= 4 is 29.3 Å². The summed E-state index contributed by atoms with van der Waals surface area (Å²) >= 11 is 0. The third kappa shape index (κ3) is 7.08. The average Bonchev–Trinajstić information content (AvgIpc) is 3.92. The average molecular weight is 715 g/mol. The first-order chi connectivity index (χ1) is 25.1. The van der Waals surface area contributed by atoms with Gasteiger partial charge in [-0.1, -0.05) is 54.6 Å². The molecule has 2 aliphatic rings. The summed E-state index contributed by atoms with van der Waals surface area (Å²) in [6.45, 7) is 5.16. The van der Waals surface area contributed by atoms with Crippen molar-refractivity contribution in [1.29, 1.82) is 0 Å². The summed E-state index contributed by atoms with van der Waals surface area (Å²) in [5, 5.41) is 23.4. The fourth-order valence-corrected chi connectivity index (χ4v) is 6.30. The Morgan fingerprint density at radius 2 is 1.63 bits per heavy atom. The number of nitrogens with one attached hydrogen (secondary N) is 1. The van der Waals surface area contributed by atoms with Gasteiger partial charge in [0.05, 0.1) is 43.0 Å². The van der Waals surface area contributed by atoms with E-state index in [1.807, 2.05) is 55.5 Å². The fraction of sp³-hybridized carbons (Fsp3) is 0.343. The summed E-state index contributed by atoms with van der Waals surface area (Å²) < 4.78 is 40.1. The highest BCUT2D eigenvalue weighted by atomic mass is 16.8. The zero-order valence-electron chi connectivity index (χ0n) is 28.3. The molecule has 2 aliphatic heterocycles. The van der Waals surface area contributed by atoms with E-state index >= 15 is 0 Å². The molecule has 2 saturated heterocycles. The first-order valence-corrected chi connectivity index (χ1v) is 16.4.